The van der Waals surface area contributed by atoms with Crippen molar-refractivity contribution < 1.29 is 4.79 Å². The zero-order chi connectivity index (χ0) is 9.26. The maximum atomic E-state index is 10.5. The first-order valence-electron chi connectivity index (χ1n) is 4.15. The van der Waals surface area contributed by atoms with Gasteiger partial charge in [-0.05, 0) is 17.7 Å². The molecule has 1 aromatic carbocycles. The molecule has 0 fully saturated rings. The number of fused-ring (bicyclic) bond motifs is 1. The van der Waals surface area contributed by atoms with Crippen LogP contribution in [0.5, 0.6) is 0 Å². The van der Waals surface area contributed by atoms with Crippen LogP contribution in [-0.4, -0.2) is 12.5 Å². The molecule has 0 spiro atoms. The van der Waals surface area contributed by atoms with E-state index < -0.39 is 0 Å². The van der Waals surface area contributed by atoms with Crippen LogP contribution in [0.4, 0.5) is 11.4 Å². The quantitative estimate of drug-likeness (QED) is 0.576. The molecule has 0 saturated carbocycles. The molecule has 68 valence electrons. The molecule has 1 aliphatic heterocycles. The Balaban J connectivity index is 2.30. The summed E-state index contributed by atoms with van der Waals surface area (Å²) in [5, 5.41) is 6.04. The van der Waals surface area contributed by atoms with Crippen LogP contribution in [0.2, 0.25) is 0 Å². The van der Waals surface area contributed by atoms with Gasteiger partial charge in [0.25, 0.3) is 0 Å². The van der Waals surface area contributed by atoms with E-state index in [0.717, 1.165) is 23.2 Å². The Morgan fingerprint density at radius 3 is 2.85 bits per heavy atom. The van der Waals surface area contributed by atoms with Gasteiger partial charge in [-0.15, -0.1) is 0 Å². The second kappa shape index (κ2) is 3.06. The van der Waals surface area contributed by atoms with Crippen molar-refractivity contribution in [2.75, 3.05) is 10.6 Å². The Labute approximate surface area is 76.1 Å². The minimum atomic E-state index is -0.303. The lowest BCUT2D eigenvalue weighted by molar-refractivity contribution is -0.107. The fraction of sp³-hybridized carbons (Fsp3) is 0.222. The molecule has 0 amide bonds. The molecule has 4 nitrogen and oxygen atoms in total. The average molecular weight is 177 g/mol. The maximum absolute atomic E-state index is 10.5. The normalized spacial score (nSPS) is 18.7. The molecule has 1 aromatic rings. The summed E-state index contributed by atoms with van der Waals surface area (Å²) in [5.74, 6) is 0. The van der Waals surface area contributed by atoms with Crippen molar-refractivity contribution >= 4 is 17.7 Å². The summed E-state index contributed by atoms with van der Waals surface area (Å²) in [6, 6.07) is 5.82. The largest absolute Gasteiger partial charge is 0.358 e. The molecule has 4 heteroatoms. The van der Waals surface area contributed by atoms with Gasteiger partial charge in [-0.1, -0.05) is 6.07 Å². The van der Waals surface area contributed by atoms with Gasteiger partial charge in [-0.25, -0.2) is 0 Å². The van der Waals surface area contributed by atoms with E-state index in [9.17, 15) is 4.79 Å². The van der Waals surface area contributed by atoms with Gasteiger partial charge in [-0.2, -0.15) is 0 Å². The number of rotatable bonds is 2. The molecule has 2 rings (SSSR count). The van der Waals surface area contributed by atoms with E-state index in [4.69, 9.17) is 5.73 Å². The first-order valence-corrected chi connectivity index (χ1v) is 4.15. The molecule has 0 saturated heterocycles. The number of benzene rings is 1. The third kappa shape index (κ3) is 1.36. The lowest BCUT2D eigenvalue weighted by Gasteiger charge is -2.00. The summed E-state index contributed by atoms with van der Waals surface area (Å²) in [5.41, 5.74) is 8.45. The van der Waals surface area contributed by atoms with Crippen LogP contribution in [0.1, 0.15) is 5.56 Å². The fourth-order valence-electron chi connectivity index (χ4n) is 1.40. The Morgan fingerprint density at radius 1 is 1.38 bits per heavy atom. The highest BCUT2D eigenvalue weighted by Crippen LogP contribution is 2.28. The zero-order valence-corrected chi connectivity index (χ0v) is 7.08. The third-order valence-electron chi connectivity index (χ3n) is 2.08. The molecule has 0 aliphatic carbocycles. The van der Waals surface area contributed by atoms with Crippen molar-refractivity contribution in [3.63, 3.8) is 0 Å². The Bertz CT molecular complexity index is 338. The number of hydrogen-bond donors (Lipinski definition) is 3. The van der Waals surface area contributed by atoms with E-state index >= 15 is 0 Å². The molecule has 0 radical (unpaired) electrons. The summed E-state index contributed by atoms with van der Waals surface area (Å²) in [4.78, 5) is 10.5. The highest BCUT2D eigenvalue weighted by Gasteiger charge is 2.17. The predicted molar refractivity (Wildman–Crippen MR) is 51.4 cm³/mol. The van der Waals surface area contributed by atoms with Crippen molar-refractivity contribution in [3.8, 4) is 0 Å². The number of nitrogens with one attached hydrogen (secondary N) is 2. The number of aldehydes is 1. The highest BCUT2D eigenvalue weighted by molar-refractivity contribution is 5.83. The summed E-state index contributed by atoms with van der Waals surface area (Å²) in [6.45, 7) is 0.515. The fourth-order valence-corrected chi connectivity index (χ4v) is 1.40. The molecular weight excluding hydrogens is 166 g/mol. The van der Waals surface area contributed by atoms with Gasteiger partial charge in [0.05, 0.1) is 11.4 Å². The van der Waals surface area contributed by atoms with Gasteiger partial charge in [-0.3, -0.25) is 4.79 Å². The number of carbonyl (C=O) groups is 1. The Kier molecular flexibility index (Phi) is 1.90. The van der Waals surface area contributed by atoms with Gasteiger partial charge in [0.2, 0.25) is 0 Å². The van der Waals surface area contributed by atoms with Crippen molar-refractivity contribution in [3.05, 3.63) is 23.8 Å². The first kappa shape index (κ1) is 8.07. The molecule has 0 bridgehead atoms. The van der Waals surface area contributed by atoms with Crippen LogP contribution in [0.15, 0.2) is 18.2 Å². The van der Waals surface area contributed by atoms with Crippen LogP contribution < -0.4 is 16.4 Å². The van der Waals surface area contributed by atoms with E-state index in [-0.39, 0.29) is 6.17 Å². The van der Waals surface area contributed by atoms with Crippen LogP contribution >= 0.6 is 0 Å². The average Bonchev–Trinajstić information content (AvgIpc) is 2.58. The van der Waals surface area contributed by atoms with Gasteiger partial charge in [0.15, 0.2) is 12.5 Å². The molecule has 13 heavy (non-hydrogen) atoms. The van der Waals surface area contributed by atoms with E-state index in [2.05, 4.69) is 10.6 Å². The highest BCUT2D eigenvalue weighted by atomic mass is 16.1. The second-order valence-electron chi connectivity index (χ2n) is 2.99. The van der Waals surface area contributed by atoms with Crippen molar-refractivity contribution in [1.29, 1.82) is 0 Å². The summed E-state index contributed by atoms with van der Waals surface area (Å²) in [6.07, 6.45) is 0.533. The smallest absolute Gasteiger partial charge is 0.162 e. The van der Waals surface area contributed by atoms with Crippen LogP contribution in [0.25, 0.3) is 0 Å². The van der Waals surface area contributed by atoms with E-state index in [0.29, 0.717) is 6.54 Å². The number of anilines is 2. The van der Waals surface area contributed by atoms with Gasteiger partial charge < -0.3 is 16.4 Å². The Hall–Kier alpha value is -1.55. The molecule has 1 aliphatic rings. The second-order valence-corrected chi connectivity index (χ2v) is 2.99. The SMILES string of the molecule is NCc1ccc2c(c1)NC(C=O)N2. The molecule has 0 aromatic heterocycles. The van der Waals surface area contributed by atoms with Crippen LogP contribution in [0.3, 0.4) is 0 Å². The van der Waals surface area contributed by atoms with Gasteiger partial charge in [0.1, 0.15) is 0 Å². The summed E-state index contributed by atoms with van der Waals surface area (Å²) >= 11 is 0. The van der Waals surface area contributed by atoms with E-state index in [1.807, 2.05) is 18.2 Å². The molecule has 1 atom stereocenters. The number of carbonyl (C=O) groups excluding carboxylic acids is 1. The molecule has 1 unspecified atom stereocenters. The molecule has 1 heterocycles. The van der Waals surface area contributed by atoms with Crippen LogP contribution in [0, 0.1) is 0 Å². The maximum Gasteiger partial charge on any atom is 0.162 e. The minimum absolute atomic E-state index is 0.303. The third-order valence-corrected chi connectivity index (χ3v) is 2.08. The minimum Gasteiger partial charge on any atom is -0.358 e. The van der Waals surface area contributed by atoms with Gasteiger partial charge in [0, 0.05) is 6.54 Å². The van der Waals surface area contributed by atoms with E-state index in [1.165, 1.54) is 0 Å². The standard InChI is InChI=1S/C9H11N3O/c10-4-6-1-2-7-8(3-6)12-9(5-13)11-7/h1-3,5,9,11-12H,4,10H2. The Morgan fingerprint density at radius 2 is 2.15 bits per heavy atom. The monoisotopic (exact) mass is 177 g/mol. The zero-order valence-electron chi connectivity index (χ0n) is 7.08. The summed E-state index contributed by atoms with van der Waals surface area (Å²) < 4.78 is 0. The molecular formula is C9H11N3O. The summed E-state index contributed by atoms with van der Waals surface area (Å²) in [7, 11) is 0. The topological polar surface area (TPSA) is 67.1 Å². The van der Waals surface area contributed by atoms with Crippen molar-refractivity contribution in [1.82, 2.24) is 0 Å². The van der Waals surface area contributed by atoms with Gasteiger partial charge >= 0.3 is 0 Å². The van der Waals surface area contributed by atoms with E-state index in [1.54, 1.807) is 0 Å². The van der Waals surface area contributed by atoms with Crippen LogP contribution in [-0.2, 0) is 11.3 Å². The number of nitrogens with two attached hydrogens (primary N) is 1. The lowest BCUT2D eigenvalue weighted by Crippen LogP contribution is -2.22. The number of hydrogen-bond acceptors (Lipinski definition) is 4. The lowest BCUT2D eigenvalue weighted by atomic mass is 10.2. The predicted octanol–water partition coefficient (Wildman–Crippen LogP) is 0.508. The van der Waals surface area contributed by atoms with Crippen molar-refractivity contribution in [2.45, 2.75) is 12.7 Å². The molecule has 4 N–H and O–H groups in total. The first-order chi connectivity index (χ1) is 6.33. The van der Waals surface area contributed by atoms with Crippen molar-refractivity contribution in [2.24, 2.45) is 5.73 Å².